The van der Waals surface area contributed by atoms with E-state index in [1.165, 1.54) is 149 Å². The van der Waals surface area contributed by atoms with Crippen LogP contribution >= 0.6 is 34.4 Å². The highest BCUT2D eigenvalue weighted by atomic mass is 32.2. The quantitative estimate of drug-likeness (QED) is 0.0355. The first-order valence-corrected chi connectivity index (χ1v) is 50.5. The molecule has 46 heteroatoms. The number of anilines is 5. The summed E-state index contributed by atoms with van der Waals surface area (Å²) < 4.78 is 18.9. The molecule has 43 nitrogen and oxygen atoms in total. The fraction of sp³-hybridized carbons (Fsp3) is 0.291. The Balaban J connectivity index is 0.000000133. The largest absolute Gasteiger partial charge is 0.372 e. The lowest BCUT2D eigenvalue weighted by atomic mass is 10.1. The molecule has 1 atom stereocenters. The van der Waals surface area contributed by atoms with Crippen molar-refractivity contribution in [3.63, 3.8) is 0 Å². The minimum Gasteiger partial charge on any atom is -0.372 e. The molecule has 770 valence electrons. The molecule has 0 spiro atoms. The van der Waals surface area contributed by atoms with E-state index in [9.17, 15) is 71.9 Å². The normalized spacial score (nSPS) is 12.6. The second kappa shape index (κ2) is 46.4. The van der Waals surface area contributed by atoms with Crippen LogP contribution in [0.25, 0.3) is 67.1 Å². The lowest BCUT2D eigenvalue weighted by Crippen LogP contribution is -2.38. The second-order valence-electron chi connectivity index (χ2n) is 35.8. The van der Waals surface area contributed by atoms with Crippen LogP contribution in [-0.2, 0) is 139 Å². The number of para-hydroxylation sites is 3. The number of aryl methyl sites for hydroxylation is 6. The van der Waals surface area contributed by atoms with Gasteiger partial charge in [-0.25, -0.2) is 53.9 Å². The molecule has 0 saturated carbocycles. The maximum Gasteiger partial charge on any atom is 0.332 e. The Hall–Kier alpha value is -17.3. The van der Waals surface area contributed by atoms with Crippen molar-refractivity contribution in [1.29, 1.82) is 0 Å². The van der Waals surface area contributed by atoms with Gasteiger partial charge in [0.05, 0.1) is 65.4 Å². The molecule has 2 fully saturated rings. The number of aromatic nitrogens is 21. The molecule has 0 radical (unpaired) electrons. The Kier molecular flexibility index (Phi) is 32.5. The Bertz CT molecular complexity index is 8720. The fourth-order valence-electron chi connectivity index (χ4n) is 17.6. The molecule has 2 saturated heterocycles. The van der Waals surface area contributed by atoms with Gasteiger partial charge in [0.15, 0.2) is 55.8 Å². The predicted molar refractivity (Wildman–Crippen MR) is 574 cm³/mol. The van der Waals surface area contributed by atoms with Crippen LogP contribution in [-0.4, -0.2) is 161 Å². The van der Waals surface area contributed by atoms with Gasteiger partial charge in [0, 0.05) is 141 Å². The lowest BCUT2D eigenvalue weighted by molar-refractivity contribution is -0.122. The van der Waals surface area contributed by atoms with E-state index in [2.05, 4.69) is 78.4 Å². The summed E-state index contributed by atoms with van der Waals surface area (Å²) in [5, 5.41) is 19.7. The third-order valence-electron chi connectivity index (χ3n) is 25.7. The van der Waals surface area contributed by atoms with Gasteiger partial charge in [-0.3, -0.25) is 93.6 Å². The summed E-state index contributed by atoms with van der Waals surface area (Å²) in [7, 11) is 14.8. The topological polar surface area (TPSA) is 474 Å². The van der Waals surface area contributed by atoms with Crippen molar-refractivity contribution in [2.75, 3.05) is 58.5 Å². The third-order valence-corrected chi connectivity index (χ3v) is 28.5. The van der Waals surface area contributed by atoms with Crippen molar-refractivity contribution in [2.24, 2.45) is 70.5 Å². The van der Waals surface area contributed by atoms with Crippen LogP contribution < -0.4 is 92.6 Å². The van der Waals surface area contributed by atoms with Crippen molar-refractivity contribution >= 4 is 148 Å². The van der Waals surface area contributed by atoms with Gasteiger partial charge in [0.25, 0.3) is 27.8 Å². The van der Waals surface area contributed by atoms with Crippen LogP contribution in [0.15, 0.2) is 265 Å². The maximum absolute atomic E-state index is 12.8. The number of nitrogens with zero attached hydrogens (tertiary/aromatic N) is 23. The van der Waals surface area contributed by atoms with E-state index in [0.717, 1.165) is 116 Å². The molecule has 2 aliphatic rings. The molecule has 0 aliphatic carbocycles. The zero-order valence-corrected chi connectivity index (χ0v) is 86.1. The summed E-state index contributed by atoms with van der Waals surface area (Å²) in [6.07, 6.45) is 15.0. The Morgan fingerprint density at radius 3 is 1.19 bits per heavy atom. The predicted octanol–water partition coefficient (Wildman–Crippen LogP) is 7.12. The van der Waals surface area contributed by atoms with Gasteiger partial charge in [-0.1, -0.05) is 128 Å². The highest BCUT2D eigenvalue weighted by Crippen LogP contribution is 2.33. The van der Waals surface area contributed by atoms with Gasteiger partial charge < -0.3 is 59.2 Å². The summed E-state index contributed by atoms with van der Waals surface area (Å²) in [5.41, 5.74) is 7.38. The number of thioether (sulfide) groups is 1. The first-order valence-electron chi connectivity index (χ1n) is 47.7. The molecular formula is C103H110N28O15S3. The van der Waals surface area contributed by atoms with Crippen LogP contribution in [0.4, 0.5) is 28.4 Å². The maximum atomic E-state index is 12.8. The van der Waals surface area contributed by atoms with Gasteiger partial charge in [-0.05, 0) is 116 Å². The van der Waals surface area contributed by atoms with Gasteiger partial charge in [-0.15, -0.1) is 34.4 Å². The lowest BCUT2D eigenvalue weighted by Gasteiger charge is -2.22. The van der Waals surface area contributed by atoms with Crippen LogP contribution in [0.5, 0.6) is 0 Å². The van der Waals surface area contributed by atoms with Crippen molar-refractivity contribution in [3.05, 3.63) is 343 Å². The number of hydrogen-bond donors (Lipinski definition) is 5. The molecule has 18 aromatic rings. The van der Waals surface area contributed by atoms with Crippen LogP contribution in [0.2, 0.25) is 0 Å². The molecule has 14 heterocycles. The van der Waals surface area contributed by atoms with E-state index in [1.54, 1.807) is 69.7 Å². The number of carbonyl (C=O) groups excluding carboxylic acids is 5. The number of thiazole rings is 1. The molecule has 0 bridgehead atoms. The molecule has 149 heavy (non-hydrogen) atoms. The summed E-state index contributed by atoms with van der Waals surface area (Å²) in [6.45, 7) is 6.16. The summed E-state index contributed by atoms with van der Waals surface area (Å²) >= 11 is 4.82. The number of amides is 5. The van der Waals surface area contributed by atoms with Crippen molar-refractivity contribution < 1.29 is 24.0 Å². The minimum atomic E-state index is -0.484. The number of thiophene rings is 1. The number of imidazole rings is 5. The second-order valence-corrected chi connectivity index (χ2v) is 38.9. The first-order chi connectivity index (χ1) is 71.7. The summed E-state index contributed by atoms with van der Waals surface area (Å²) in [4.78, 5) is 218. The molecule has 1 unspecified atom stereocenters. The van der Waals surface area contributed by atoms with Crippen molar-refractivity contribution in [3.8, 4) is 11.3 Å². The Morgan fingerprint density at radius 1 is 0.369 bits per heavy atom. The zero-order valence-electron chi connectivity index (χ0n) is 83.6. The number of rotatable bonds is 25. The third kappa shape index (κ3) is 23.3. The first kappa shape index (κ1) is 105. The average molecular weight is 2080 g/mol. The van der Waals surface area contributed by atoms with Crippen LogP contribution in [0, 0.1) is 6.92 Å². The number of fused-ring (bicyclic) bond motifs is 5. The van der Waals surface area contributed by atoms with Crippen LogP contribution in [0.3, 0.4) is 0 Å². The fourth-order valence-corrected chi connectivity index (χ4v) is 20.0. The van der Waals surface area contributed by atoms with E-state index in [4.69, 9.17) is 0 Å². The number of nitrogens with one attached hydrogen (secondary N) is 5. The SMILES string of the molecule is Cc1nc(-c2ccc(CCNC(=O)Cn3cnc4c3c(=O)n(C)c(=O)n4C)cc2)cs1.Cn1c(=O)c2c(ncn2CC(=O)NC(c2ccccc2)c2cccs2)n(C)c1=O.Cn1c(=O)c2c(ncn2CC(=O)Nc2ccc(N3CCCCCC3)cc2)n(C)c1=O.Cn1c(=O)c2c(ncn2CC(=O)Nc2ccccc2N2CCCC2)n(C)c1=O.Cn1c(=O)c2c(ncn2CC(=O)Nc2ccccc2SCc2ccccc2)n(C)c1=O. The zero-order chi connectivity index (χ0) is 106. The molecule has 5 N–H and O–H groups in total. The van der Waals surface area contributed by atoms with Gasteiger partial charge in [-0.2, -0.15) is 0 Å². The van der Waals surface area contributed by atoms with E-state index in [1.807, 2.05) is 175 Å². The molecule has 20 rings (SSSR count). The van der Waals surface area contributed by atoms with Crippen molar-refractivity contribution in [1.82, 2.24) is 109 Å². The number of hydrogen-bond acceptors (Lipinski definition) is 26. The average Bonchev–Trinajstić information content (AvgIpc) is 1.65. The molecule has 2 aliphatic heterocycles. The van der Waals surface area contributed by atoms with E-state index in [-0.39, 0.29) is 124 Å². The molecule has 5 amide bonds. The van der Waals surface area contributed by atoms with Gasteiger partial charge >= 0.3 is 28.4 Å². The Morgan fingerprint density at radius 2 is 0.758 bits per heavy atom. The van der Waals surface area contributed by atoms with E-state index >= 15 is 0 Å². The highest BCUT2D eigenvalue weighted by Gasteiger charge is 2.27. The molecule has 12 aromatic heterocycles. The van der Waals surface area contributed by atoms with Crippen LogP contribution in [0.1, 0.15) is 71.1 Å². The van der Waals surface area contributed by atoms with Gasteiger partial charge in [0.1, 0.15) is 32.7 Å². The van der Waals surface area contributed by atoms with E-state index < -0.39 is 56.2 Å². The van der Waals surface area contributed by atoms with E-state index in [0.29, 0.717) is 24.3 Å². The standard InChI is InChI=1S/C22H21N5O3S.C21H22N6O3S.C21H26N6O3.C20H19N5O3S.C19H22N6O3/c1-25-20-19(21(29)26(2)22(25)30)27(14-23-20)12-18(28)24-16-10-6-7-11-17(16)31-13-15-8-4-3-5-9-15;1-13-24-16(11-31-13)15-6-4-14(5-7-15)8-9-22-17(28)10-27-12-23-19-18(27)20(29)26(3)21(30)25(19)2;1-24-19-18(20(29)25(2)21(24)30)27(14-22-19)13-17(28)23-15-7-9-16(10-8-15)26-11-5-3-4-6-12-26;1-23-18-17(19(27)24(2)20(23)28)25(12-21-18)11-15(26)22-16(14-9-6-10-29-14)13-7-4-3-5-8-13;1-22-17-16(18(27)23(2)19(22)28)25(12-20-17)11-15(26)21-13-7-3-4-8-14(13)24-9-5-6-10-24/h3-11,14H,12-13H2,1-2H3,(H,24,28);4-7,11-12H,8-10H2,1-3H3,(H,22,28);7-10,14H,3-6,11-13H2,1-2H3,(H,23,28);3-10,12,16H,11H2,1-2H3,(H,22,26);3-4,7-8,12H,5-6,9-11H2,1-2H3,(H,21,26). The number of carbonyl (C=O) groups is 5. The summed E-state index contributed by atoms with van der Waals surface area (Å²) in [6, 6.07) is 54.7. The summed E-state index contributed by atoms with van der Waals surface area (Å²) in [5.74, 6) is -0.533. The molecule has 6 aromatic carbocycles. The highest BCUT2D eigenvalue weighted by molar-refractivity contribution is 7.98. The molecular weight excluding hydrogens is 1970 g/mol. The minimum absolute atomic E-state index is 0.0495. The number of benzene rings is 6. The monoisotopic (exact) mass is 2070 g/mol. The smallest absolute Gasteiger partial charge is 0.332 e. The van der Waals surface area contributed by atoms with Gasteiger partial charge in [0.2, 0.25) is 29.5 Å². The Labute approximate surface area is 860 Å². The van der Waals surface area contributed by atoms with Crippen molar-refractivity contribution in [2.45, 2.75) is 101 Å².